The van der Waals surface area contributed by atoms with Crippen LogP contribution in [0.15, 0.2) is 38.5 Å². The fourth-order valence-electron chi connectivity index (χ4n) is 1.75. The highest BCUT2D eigenvalue weighted by atomic mass is 79.9. The first kappa shape index (κ1) is 15.0. The molecule has 114 valence electrons. The lowest BCUT2D eigenvalue weighted by atomic mass is 10.2. The monoisotopic (exact) mass is 390 g/mol. The van der Waals surface area contributed by atoms with Gasteiger partial charge in [-0.15, -0.1) is 11.3 Å². The second kappa shape index (κ2) is 5.40. The van der Waals surface area contributed by atoms with Gasteiger partial charge in [-0.2, -0.15) is 13.2 Å². The molecule has 2 aromatic heterocycles. The Hall–Kier alpha value is -1.87. The number of hydrogen-bond donors (Lipinski definition) is 1. The van der Waals surface area contributed by atoms with E-state index in [0.717, 1.165) is 9.85 Å². The molecule has 2 heterocycles. The summed E-state index contributed by atoms with van der Waals surface area (Å²) in [4.78, 5) is 15.3. The van der Waals surface area contributed by atoms with E-state index < -0.39 is 17.8 Å². The van der Waals surface area contributed by atoms with Gasteiger partial charge in [-0.05, 0) is 24.3 Å². The zero-order valence-electron chi connectivity index (χ0n) is 10.6. The quantitative estimate of drug-likeness (QED) is 0.675. The van der Waals surface area contributed by atoms with Crippen molar-refractivity contribution in [1.29, 1.82) is 0 Å². The van der Waals surface area contributed by atoms with Gasteiger partial charge >= 0.3 is 6.18 Å². The number of thiazole rings is 1. The molecule has 0 aliphatic heterocycles. The van der Waals surface area contributed by atoms with Crippen LogP contribution in [0, 0.1) is 0 Å². The lowest BCUT2D eigenvalue weighted by Gasteiger charge is -2.00. The number of rotatable bonds is 2. The van der Waals surface area contributed by atoms with Crippen LogP contribution in [0.3, 0.4) is 0 Å². The van der Waals surface area contributed by atoms with Gasteiger partial charge in [0, 0.05) is 15.2 Å². The molecule has 0 aliphatic rings. The molecule has 1 aromatic carbocycles. The molecule has 22 heavy (non-hydrogen) atoms. The molecule has 9 heteroatoms. The van der Waals surface area contributed by atoms with Crippen LogP contribution >= 0.6 is 27.3 Å². The van der Waals surface area contributed by atoms with Crippen LogP contribution in [0.4, 0.5) is 18.3 Å². The fourth-order valence-corrected chi connectivity index (χ4v) is 2.84. The van der Waals surface area contributed by atoms with Crippen molar-refractivity contribution in [2.45, 2.75) is 6.18 Å². The maximum absolute atomic E-state index is 12.4. The Morgan fingerprint density at radius 1 is 1.32 bits per heavy atom. The Kier molecular flexibility index (Phi) is 3.69. The number of anilines is 1. The highest BCUT2D eigenvalue weighted by Crippen LogP contribution is 2.32. The second-order valence-electron chi connectivity index (χ2n) is 4.28. The predicted octanol–water partition coefficient (Wildman–Crippen LogP) is 4.92. The largest absolute Gasteiger partial charge is 0.451 e. The van der Waals surface area contributed by atoms with Crippen molar-refractivity contribution in [3.63, 3.8) is 0 Å². The van der Waals surface area contributed by atoms with Crippen molar-refractivity contribution < 1.29 is 22.4 Å². The molecule has 4 nitrogen and oxygen atoms in total. The standard InChI is InChI=1S/C13H6BrF3N2O2S/c14-7-1-2-8-6(3-7)4-9(21-8)11(20)19-12-18-10(5-22-12)13(15,16)17/h1-5H,(H,18,19,20). The van der Waals surface area contributed by atoms with Gasteiger partial charge in [0.2, 0.25) is 0 Å². The number of benzene rings is 1. The number of furan rings is 1. The van der Waals surface area contributed by atoms with Crippen LogP contribution in [0.1, 0.15) is 16.2 Å². The van der Waals surface area contributed by atoms with Crippen LogP contribution in [-0.4, -0.2) is 10.9 Å². The van der Waals surface area contributed by atoms with E-state index >= 15 is 0 Å². The van der Waals surface area contributed by atoms with Gasteiger partial charge in [-0.25, -0.2) is 4.98 Å². The number of carbonyl (C=O) groups excluding carboxylic acids is 1. The van der Waals surface area contributed by atoms with E-state index in [9.17, 15) is 18.0 Å². The highest BCUT2D eigenvalue weighted by Gasteiger charge is 2.34. The lowest BCUT2D eigenvalue weighted by Crippen LogP contribution is -2.11. The van der Waals surface area contributed by atoms with Gasteiger partial charge < -0.3 is 4.42 Å². The Morgan fingerprint density at radius 2 is 2.09 bits per heavy atom. The SMILES string of the molecule is O=C(Nc1nc(C(F)(F)F)cs1)c1cc2cc(Br)ccc2o1. The molecular formula is C13H6BrF3N2O2S. The summed E-state index contributed by atoms with van der Waals surface area (Å²) in [5, 5.41) is 3.69. The Labute approximate surface area is 134 Å². The summed E-state index contributed by atoms with van der Waals surface area (Å²) in [5.74, 6) is -0.660. The van der Waals surface area contributed by atoms with E-state index in [2.05, 4.69) is 26.2 Å². The number of halogens is 4. The number of nitrogens with zero attached hydrogens (tertiary/aromatic N) is 1. The van der Waals surface area contributed by atoms with Crippen molar-refractivity contribution in [2.24, 2.45) is 0 Å². The van der Waals surface area contributed by atoms with E-state index in [4.69, 9.17) is 4.42 Å². The molecule has 0 aliphatic carbocycles. The average molecular weight is 391 g/mol. The van der Waals surface area contributed by atoms with E-state index in [-0.39, 0.29) is 10.9 Å². The molecule has 3 aromatic rings. The molecule has 1 N–H and O–H groups in total. The van der Waals surface area contributed by atoms with Gasteiger partial charge in [0.05, 0.1) is 0 Å². The number of hydrogen-bond acceptors (Lipinski definition) is 4. The zero-order valence-corrected chi connectivity index (χ0v) is 13.0. The molecule has 0 radical (unpaired) electrons. The molecular weight excluding hydrogens is 385 g/mol. The number of aromatic nitrogens is 1. The number of carbonyl (C=O) groups is 1. The summed E-state index contributed by atoms with van der Waals surface area (Å²) in [6.45, 7) is 0. The first-order valence-electron chi connectivity index (χ1n) is 5.86. The van der Waals surface area contributed by atoms with E-state index in [1.807, 2.05) is 0 Å². The Balaban J connectivity index is 1.82. The third-order valence-corrected chi connectivity index (χ3v) is 3.97. The smallest absolute Gasteiger partial charge is 0.434 e. The fraction of sp³-hybridized carbons (Fsp3) is 0.0769. The summed E-state index contributed by atoms with van der Waals surface area (Å²) in [6.07, 6.45) is -4.54. The summed E-state index contributed by atoms with van der Waals surface area (Å²) >= 11 is 3.99. The van der Waals surface area contributed by atoms with E-state index in [0.29, 0.717) is 22.3 Å². The molecule has 0 saturated carbocycles. The minimum atomic E-state index is -4.54. The lowest BCUT2D eigenvalue weighted by molar-refractivity contribution is -0.140. The Bertz CT molecular complexity index is 856. The normalized spacial score (nSPS) is 11.8. The summed E-state index contributed by atoms with van der Waals surface area (Å²) in [6, 6.07) is 6.71. The zero-order chi connectivity index (χ0) is 15.9. The topological polar surface area (TPSA) is 55.1 Å². The van der Waals surface area contributed by atoms with Gasteiger partial charge in [0.15, 0.2) is 16.6 Å². The first-order chi connectivity index (χ1) is 10.3. The highest BCUT2D eigenvalue weighted by molar-refractivity contribution is 9.10. The van der Waals surface area contributed by atoms with Gasteiger partial charge in [-0.1, -0.05) is 15.9 Å². The summed E-state index contributed by atoms with van der Waals surface area (Å²) in [5.41, 5.74) is -0.537. The second-order valence-corrected chi connectivity index (χ2v) is 6.06. The minimum Gasteiger partial charge on any atom is -0.451 e. The van der Waals surface area contributed by atoms with Crippen LogP contribution in [-0.2, 0) is 6.18 Å². The first-order valence-corrected chi connectivity index (χ1v) is 7.53. The molecule has 0 atom stereocenters. The van der Waals surface area contributed by atoms with Crippen molar-refractivity contribution in [1.82, 2.24) is 4.98 Å². The van der Waals surface area contributed by atoms with Crippen molar-refractivity contribution in [2.75, 3.05) is 5.32 Å². The molecule has 0 spiro atoms. The molecule has 3 rings (SSSR count). The summed E-state index contributed by atoms with van der Waals surface area (Å²) in [7, 11) is 0. The van der Waals surface area contributed by atoms with E-state index in [1.165, 1.54) is 6.07 Å². The van der Waals surface area contributed by atoms with Crippen LogP contribution in [0.5, 0.6) is 0 Å². The molecule has 0 saturated heterocycles. The Morgan fingerprint density at radius 3 is 2.77 bits per heavy atom. The number of alkyl halides is 3. The number of amides is 1. The third-order valence-electron chi connectivity index (χ3n) is 2.72. The van der Waals surface area contributed by atoms with Crippen LogP contribution in [0.25, 0.3) is 11.0 Å². The average Bonchev–Trinajstić information content (AvgIpc) is 3.03. The number of fused-ring (bicyclic) bond motifs is 1. The predicted molar refractivity (Wildman–Crippen MR) is 79.0 cm³/mol. The van der Waals surface area contributed by atoms with Crippen LogP contribution < -0.4 is 5.32 Å². The third kappa shape index (κ3) is 3.00. The maximum atomic E-state index is 12.4. The van der Waals surface area contributed by atoms with Gasteiger partial charge in [0.25, 0.3) is 5.91 Å². The van der Waals surface area contributed by atoms with Gasteiger partial charge in [0.1, 0.15) is 5.58 Å². The van der Waals surface area contributed by atoms with Crippen LogP contribution in [0.2, 0.25) is 0 Å². The molecule has 0 bridgehead atoms. The molecule has 1 amide bonds. The van der Waals surface area contributed by atoms with E-state index in [1.54, 1.807) is 18.2 Å². The minimum absolute atomic E-state index is 0.00291. The molecule has 0 unspecified atom stereocenters. The van der Waals surface area contributed by atoms with Crippen molar-refractivity contribution in [3.8, 4) is 0 Å². The van der Waals surface area contributed by atoms with Crippen molar-refractivity contribution >= 4 is 49.3 Å². The number of nitrogens with one attached hydrogen (secondary N) is 1. The van der Waals surface area contributed by atoms with Gasteiger partial charge in [-0.3, -0.25) is 10.1 Å². The summed E-state index contributed by atoms with van der Waals surface area (Å²) < 4.78 is 43.5. The maximum Gasteiger partial charge on any atom is 0.434 e. The molecule has 0 fully saturated rings. The van der Waals surface area contributed by atoms with Crippen molar-refractivity contribution in [3.05, 3.63) is 45.6 Å².